The van der Waals surface area contributed by atoms with Gasteiger partial charge in [0.15, 0.2) is 5.78 Å². The van der Waals surface area contributed by atoms with Crippen LogP contribution >= 0.6 is 0 Å². The van der Waals surface area contributed by atoms with E-state index in [2.05, 4.69) is 78.9 Å². The van der Waals surface area contributed by atoms with E-state index in [9.17, 15) is 4.79 Å². The molecule has 0 amide bonds. The van der Waals surface area contributed by atoms with Crippen molar-refractivity contribution in [3.8, 4) is 0 Å². The van der Waals surface area contributed by atoms with Gasteiger partial charge in [0.25, 0.3) is 0 Å². The molecule has 0 aliphatic heterocycles. The first kappa shape index (κ1) is 17.9. The zero-order valence-corrected chi connectivity index (χ0v) is 17.0. The minimum atomic E-state index is -0.853. The summed E-state index contributed by atoms with van der Waals surface area (Å²) >= 11 is 0. The summed E-state index contributed by atoms with van der Waals surface area (Å²) in [4.78, 5) is 14.0. The first-order chi connectivity index (χ1) is 15.3. The third-order valence-corrected chi connectivity index (χ3v) is 6.50. The van der Waals surface area contributed by atoms with Crippen LogP contribution in [0.1, 0.15) is 33.4 Å². The molecule has 6 rings (SSSR count). The predicted molar refractivity (Wildman–Crippen MR) is 127 cm³/mol. The summed E-state index contributed by atoms with van der Waals surface area (Å²) in [5, 5.41) is 0. The fourth-order valence-corrected chi connectivity index (χ4v) is 5.30. The minimum absolute atomic E-state index is 0.114. The number of fused-ring (bicyclic) bond motifs is 4. The molecule has 4 aromatic carbocycles. The summed E-state index contributed by atoms with van der Waals surface area (Å²) < 4.78 is 0. The molecule has 0 heterocycles. The van der Waals surface area contributed by atoms with E-state index in [-0.39, 0.29) is 5.78 Å². The molecule has 0 aromatic heterocycles. The molecule has 0 fully saturated rings. The normalized spacial score (nSPS) is 18.9. The second-order valence-electron chi connectivity index (χ2n) is 8.06. The van der Waals surface area contributed by atoms with Crippen molar-refractivity contribution in [1.82, 2.24) is 0 Å². The Hall–Kier alpha value is -3.97. The predicted octanol–water partition coefficient (Wildman–Crippen LogP) is 6.54. The number of carbonyl (C=O) groups is 1. The van der Waals surface area contributed by atoms with Crippen LogP contribution in [0.3, 0.4) is 0 Å². The number of allylic oxidation sites excluding steroid dienone is 2. The lowest BCUT2D eigenvalue weighted by molar-refractivity contribution is -0.116. The van der Waals surface area contributed by atoms with Crippen molar-refractivity contribution in [3.05, 3.63) is 149 Å². The molecule has 2 aliphatic carbocycles. The number of rotatable bonds is 2. The highest BCUT2D eigenvalue weighted by Crippen LogP contribution is 2.58. The second-order valence-corrected chi connectivity index (χ2v) is 8.06. The molecule has 0 N–H and O–H groups in total. The van der Waals surface area contributed by atoms with Gasteiger partial charge in [-0.1, -0.05) is 115 Å². The Morgan fingerprint density at radius 2 is 1.10 bits per heavy atom. The van der Waals surface area contributed by atoms with Crippen molar-refractivity contribution in [2.45, 2.75) is 5.41 Å². The third-order valence-electron chi connectivity index (χ3n) is 6.50. The van der Waals surface area contributed by atoms with Gasteiger partial charge < -0.3 is 0 Å². The maximum atomic E-state index is 14.0. The highest BCUT2D eigenvalue weighted by molar-refractivity contribution is 6.24. The van der Waals surface area contributed by atoms with Crippen molar-refractivity contribution >= 4 is 23.0 Å². The Kier molecular flexibility index (Phi) is 3.91. The van der Waals surface area contributed by atoms with Crippen LogP contribution in [0.25, 0.3) is 17.2 Å². The molecule has 31 heavy (non-hydrogen) atoms. The highest BCUT2D eigenvalue weighted by Gasteiger charge is 2.53. The quantitative estimate of drug-likeness (QED) is 0.376. The van der Waals surface area contributed by atoms with Crippen LogP contribution < -0.4 is 0 Å². The van der Waals surface area contributed by atoms with Gasteiger partial charge in [-0.15, -0.1) is 0 Å². The lowest BCUT2D eigenvalue weighted by Crippen LogP contribution is -2.38. The van der Waals surface area contributed by atoms with E-state index in [1.807, 2.05) is 36.4 Å². The number of hydrogen-bond acceptors (Lipinski definition) is 1. The van der Waals surface area contributed by atoms with Gasteiger partial charge in [0.05, 0.1) is 0 Å². The maximum absolute atomic E-state index is 14.0. The fraction of sp³-hybridized carbons (Fsp3) is 0.0333. The van der Waals surface area contributed by atoms with Gasteiger partial charge in [0.2, 0.25) is 0 Å². The Bertz CT molecular complexity index is 1380. The van der Waals surface area contributed by atoms with Crippen LogP contribution in [0.5, 0.6) is 0 Å². The third kappa shape index (κ3) is 2.41. The fourth-order valence-electron chi connectivity index (χ4n) is 5.30. The Morgan fingerprint density at radius 1 is 0.516 bits per heavy atom. The molecular weight excluding hydrogens is 376 g/mol. The van der Waals surface area contributed by atoms with Crippen LogP contribution in [-0.2, 0) is 10.2 Å². The van der Waals surface area contributed by atoms with E-state index in [0.29, 0.717) is 0 Å². The summed E-state index contributed by atoms with van der Waals surface area (Å²) in [5.41, 5.74) is 7.92. The first-order valence-corrected chi connectivity index (χ1v) is 10.6. The molecule has 1 unspecified atom stereocenters. The van der Waals surface area contributed by atoms with Crippen molar-refractivity contribution in [2.24, 2.45) is 0 Å². The van der Waals surface area contributed by atoms with Gasteiger partial charge in [0.1, 0.15) is 5.41 Å². The largest absolute Gasteiger partial charge is 0.293 e. The van der Waals surface area contributed by atoms with Crippen LogP contribution in [0.2, 0.25) is 0 Å². The highest BCUT2D eigenvalue weighted by atomic mass is 16.1. The second kappa shape index (κ2) is 6.78. The summed E-state index contributed by atoms with van der Waals surface area (Å²) in [5.74, 6) is 0.114. The summed E-state index contributed by atoms with van der Waals surface area (Å²) in [6.45, 7) is 0. The Labute approximate surface area is 182 Å². The number of benzene rings is 4. The van der Waals surface area contributed by atoms with Gasteiger partial charge in [-0.05, 0) is 50.6 Å². The van der Waals surface area contributed by atoms with E-state index in [1.165, 1.54) is 0 Å². The monoisotopic (exact) mass is 396 g/mol. The molecule has 4 aromatic rings. The first-order valence-electron chi connectivity index (χ1n) is 10.6. The molecule has 146 valence electrons. The summed E-state index contributed by atoms with van der Waals surface area (Å²) in [6, 6.07) is 37.5. The molecule has 2 aliphatic rings. The average Bonchev–Trinajstić information content (AvgIpc) is 3.15. The molecule has 1 atom stereocenters. The number of carbonyl (C=O) groups excluding carboxylic acids is 1. The van der Waals surface area contributed by atoms with E-state index < -0.39 is 5.41 Å². The van der Waals surface area contributed by atoms with Crippen LogP contribution in [0.4, 0.5) is 0 Å². The lowest BCUT2D eigenvalue weighted by atomic mass is 9.63. The van der Waals surface area contributed by atoms with Crippen LogP contribution in [-0.4, -0.2) is 5.78 Å². The Balaban J connectivity index is 1.83. The van der Waals surface area contributed by atoms with Crippen molar-refractivity contribution in [3.63, 3.8) is 0 Å². The molecule has 1 nitrogen and oxygen atoms in total. The maximum Gasteiger partial charge on any atom is 0.175 e. The molecule has 0 saturated heterocycles. The van der Waals surface area contributed by atoms with Crippen molar-refractivity contribution in [1.29, 1.82) is 0 Å². The Morgan fingerprint density at radius 3 is 1.84 bits per heavy atom. The van der Waals surface area contributed by atoms with Gasteiger partial charge in [-0.3, -0.25) is 4.79 Å². The number of hydrogen-bond donors (Lipinski definition) is 0. The SMILES string of the molecule is O=C1C=Cc2ccccc2C12C(c1ccccc1)=C(c1ccccc1)c1ccccc12. The van der Waals surface area contributed by atoms with Gasteiger partial charge in [-0.25, -0.2) is 0 Å². The molecule has 0 radical (unpaired) electrons. The zero-order valence-electron chi connectivity index (χ0n) is 17.0. The zero-order chi connectivity index (χ0) is 20.8. The van der Waals surface area contributed by atoms with Gasteiger partial charge >= 0.3 is 0 Å². The standard InChI is InChI=1S/C30H20O/c31-27-20-19-21-11-7-9-17-25(21)30(27)26-18-10-8-16-24(26)28(22-12-3-1-4-13-22)29(30)23-14-5-2-6-15-23/h1-20H. The molecule has 1 heteroatoms. The minimum Gasteiger partial charge on any atom is -0.293 e. The average molecular weight is 396 g/mol. The van der Waals surface area contributed by atoms with Crippen LogP contribution in [0.15, 0.2) is 115 Å². The molecule has 0 bridgehead atoms. The molecule has 0 saturated carbocycles. The summed E-state index contributed by atoms with van der Waals surface area (Å²) in [7, 11) is 0. The van der Waals surface area contributed by atoms with Crippen molar-refractivity contribution < 1.29 is 4.79 Å². The smallest absolute Gasteiger partial charge is 0.175 e. The van der Waals surface area contributed by atoms with E-state index >= 15 is 0 Å². The van der Waals surface area contributed by atoms with E-state index in [0.717, 1.165) is 44.5 Å². The number of ketones is 1. The van der Waals surface area contributed by atoms with Gasteiger partial charge in [-0.2, -0.15) is 0 Å². The van der Waals surface area contributed by atoms with Crippen LogP contribution in [0, 0.1) is 0 Å². The lowest BCUT2D eigenvalue weighted by Gasteiger charge is -2.36. The molecular formula is C30H20O. The van der Waals surface area contributed by atoms with Gasteiger partial charge in [0, 0.05) is 0 Å². The van der Waals surface area contributed by atoms with E-state index in [1.54, 1.807) is 6.08 Å². The summed E-state index contributed by atoms with van der Waals surface area (Å²) in [6.07, 6.45) is 3.71. The topological polar surface area (TPSA) is 17.1 Å². The van der Waals surface area contributed by atoms with Crippen molar-refractivity contribution in [2.75, 3.05) is 0 Å². The molecule has 1 spiro atoms. The van der Waals surface area contributed by atoms with E-state index in [4.69, 9.17) is 0 Å².